The fraction of sp³-hybridized carbons (Fsp3) is 0.0714. The van der Waals surface area contributed by atoms with Gasteiger partial charge < -0.3 is 9.84 Å². The Morgan fingerprint density at radius 3 is 2.60 bits per heavy atom. The maximum absolute atomic E-state index is 13.0. The van der Waals surface area contributed by atoms with Gasteiger partial charge in [-0.2, -0.15) is 0 Å². The molecule has 0 aliphatic carbocycles. The van der Waals surface area contributed by atoms with Crippen molar-refractivity contribution in [3.05, 3.63) is 64.2 Å². The Balaban J connectivity index is 2.18. The zero-order valence-corrected chi connectivity index (χ0v) is 10.8. The molecule has 0 fully saturated rings. The molecule has 3 nitrogen and oxygen atoms in total. The van der Waals surface area contributed by atoms with Gasteiger partial charge in [-0.15, -0.1) is 0 Å². The fourth-order valence-corrected chi connectivity index (χ4v) is 1.77. The van der Waals surface area contributed by atoms with Crippen molar-refractivity contribution in [2.45, 2.75) is 6.61 Å². The Morgan fingerprint density at radius 1 is 1.20 bits per heavy atom. The normalized spacial score (nSPS) is 10.3. The van der Waals surface area contributed by atoms with Gasteiger partial charge in [0.1, 0.15) is 24.0 Å². The first-order chi connectivity index (χ1) is 9.47. The van der Waals surface area contributed by atoms with Crippen LogP contribution in [0.25, 0.3) is 0 Å². The third kappa shape index (κ3) is 3.24. The van der Waals surface area contributed by atoms with Crippen LogP contribution in [0.3, 0.4) is 0 Å². The third-order valence-corrected chi connectivity index (χ3v) is 2.88. The van der Waals surface area contributed by atoms with Gasteiger partial charge in [0.2, 0.25) is 0 Å². The van der Waals surface area contributed by atoms with Crippen LogP contribution in [0.15, 0.2) is 36.4 Å². The molecule has 0 saturated carbocycles. The van der Waals surface area contributed by atoms with E-state index in [9.17, 15) is 13.6 Å². The van der Waals surface area contributed by atoms with Gasteiger partial charge in [0.05, 0.1) is 10.6 Å². The van der Waals surface area contributed by atoms with Gasteiger partial charge in [-0.1, -0.05) is 17.7 Å². The molecule has 2 aromatic carbocycles. The minimum absolute atomic E-state index is 0.0934. The predicted octanol–water partition coefficient (Wildman–Crippen LogP) is 3.90. The number of rotatable bonds is 4. The molecule has 0 aromatic heterocycles. The number of carboxylic acids is 1. The number of halogens is 3. The van der Waals surface area contributed by atoms with E-state index >= 15 is 0 Å². The lowest BCUT2D eigenvalue weighted by Gasteiger charge is -2.09. The smallest absolute Gasteiger partial charge is 0.336 e. The number of hydrogen-bond donors (Lipinski definition) is 1. The van der Waals surface area contributed by atoms with Crippen molar-refractivity contribution >= 4 is 17.6 Å². The highest BCUT2D eigenvalue weighted by Crippen LogP contribution is 2.22. The zero-order valence-electron chi connectivity index (χ0n) is 10.1. The van der Waals surface area contributed by atoms with Gasteiger partial charge in [-0.3, -0.25) is 0 Å². The molecule has 0 amide bonds. The SMILES string of the molecule is O=C(O)c1cc(F)ccc1COc1ccc(F)c(Cl)c1. The van der Waals surface area contributed by atoms with Gasteiger partial charge in [0.25, 0.3) is 0 Å². The van der Waals surface area contributed by atoms with E-state index in [-0.39, 0.29) is 22.9 Å². The van der Waals surface area contributed by atoms with E-state index in [1.54, 1.807) is 0 Å². The summed E-state index contributed by atoms with van der Waals surface area (Å²) in [7, 11) is 0. The summed E-state index contributed by atoms with van der Waals surface area (Å²) in [5, 5.41) is 8.88. The molecule has 0 aliphatic heterocycles. The molecule has 2 aromatic rings. The summed E-state index contributed by atoms with van der Waals surface area (Å²) in [5.41, 5.74) is 0.123. The van der Waals surface area contributed by atoms with Crippen molar-refractivity contribution in [3.63, 3.8) is 0 Å². The second-order valence-electron chi connectivity index (χ2n) is 3.97. The van der Waals surface area contributed by atoms with Crippen LogP contribution < -0.4 is 4.74 Å². The number of benzene rings is 2. The quantitative estimate of drug-likeness (QED) is 0.931. The summed E-state index contributed by atoms with van der Waals surface area (Å²) >= 11 is 5.60. The van der Waals surface area contributed by atoms with E-state index in [2.05, 4.69) is 0 Å². The monoisotopic (exact) mass is 298 g/mol. The molecular weight excluding hydrogens is 290 g/mol. The highest BCUT2D eigenvalue weighted by Gasteiger charge is 2.12. The van der Waals surface area contributed by atoms with Crippen LogP contribution in [-0.4, -0.2) is 11.1 Å². The van der Waals surface area contributed by atoms with Crippen LogP contribution in [0, 0.1) is 11.6 Å². The summed E-state index contributed by atoms with van der Waals surface area (Å²) in [6, 6.07) is 7.16. The number of carbonyl (C=O) groups is 1. The number of ether oxygens (including phenoxy) is 1. The second-order valence-corrected chi connectivity index (χ2v) is 4.38. The van der Waals surface area contributed by atoms with E-state index < -0.39 is 17.6 Å². The van der Waals surface area contributed by atoms with Crippen LogP contribution in [-0.2, 0) is 6.61 Å². The molecule has 0 bridgehead atoms. The van der Waals surface area contributed by atoms with Crippen LogP contribution in [0.1, 0.15) is 15.9 Å². The van der Waals surface area contributed by atoms with Crippen molar-refractivity contribution in [2.75, 3.05) is 0 Å². The molecule has 0 aliphatic rings. The van der Waals surface area contributed by atoms with Crippen molar-refractivity contribution in [3.8, 4) is 5.75 Å². The largest absolute Gasteiger partial charge is 0.489 e. The first-order valence-electron chi connectivity index (χ1n) is 5.57. The van der Waals surface area contributed by atoms with Crippen molar-refractivity contribution in [1.29, 1.82) is 0 Å². The van der Waals surface area contributed by atoms with Gasteiger partial charge in [-0.05, 0) is 24.3 Å². The lowest BCUT2D eigenvalue weighted by Crippen LogP contribution is -2.06. The maximum Gasteiger partial charge on any atom is 0.336 e. The van der Waals surface area contributed by atoms with Crippen LogP contribution in [0.2, 0.25) is 5.02 Å². The summed E-state index contributed by atoms with van der Waals surface area (Å²) in [5.74, 6) is -2.18. The predicted molar refractivity (Wildman–Crippen MR) is 69.1 cm³/mol. The summed E-state index contributed by atoms with van der Waals surface area (Å²) in [4.78, 5) is 11.0. The zero-order chi connectivity index (χ0) is 14.7. The number of aromatic carboxylic acids is 1. The maximum atomic E-state index is 13.0. The second kappa shape index (κ2) is 5.88. The van der Waals surface area contributed by atoms with E-state index in [1.165, 1.54) is 18.2 Å². The van der Waals surface area contributed by atoms with Crippen LogP contribution >= 0.6 is 11.6 Å². The third-order valence-electron chi connectivity index (χ3n) is 2.59. The molecule has 0 heterocycles. The Bertz CT molecular complexity index is 659. The highest BCUT2D eigenvalue weighted by molar-refractivity contribution is 6.30. The van der Waals surface area contributed by atoms with E-state index in [0.717, 1.165) is 18.2 Å². The summed E-state index contributed by atoms with van der Waals surface area (Å²) in [6.45, 7) is -0.0934. The molecule has 2 rings (SSSR count). The first-order valence-corrected chi connectivity index (χ1v) is 5.95. The molecule has 0 spiro atoms. The summed E-state index contributed by atoms with van der Waals surface area (Å²) < 4.78 is 31.3. The molecular formula is C14H9ClF2O3. The van der Waals surface area contributed by atoms with Crippen molar-refractivity contribution in [1.82, 2.24) is 0 Å². The Labute approximate surface area is 118 Å². The molecule has 20 heavy (non-hydrogen) atoms. The van der Waals surface area contributed by atoms with Crippen LogP contribution in [0.5, 0.6) is 5.75 Å². The molecule has 104 valence electrons. The molecule has 1 N–H and O–H groups in total. The fourth-order valence-electron chi connectivity index (χ4n) is 1.60. The number of hydrogen-bond acceptors (Lipinski definition) is 2. The Kier molecular flexibility index (Phi) is 4.20. The minimum atomic E-state index is -1.25. The average Bonchev–Trinajstić information content (AvgIpc) is 2.41. The van der Waals surface area contributed by atoms with Gasteiger partial charge in [0.15, 0.2) is 0 Å². The number of carboxylic acid groups (broad SMARTS) is 1. The molecule has 0 radical (unpaired) electrons. The summed E-state index contributed by atoms with van der Waals surface area (Å²) in [6.07, 6.45) is 0. The standard InChI is InChI=1S/C14H9ClF2O3/c15-12-6-10(3-4-13(12)17)20-7-8-1-2-9(16)5-11(8)14(18)19/h1-6H,7H2,(H,18,19). The highest BCUT2D eigenvalue weighted by atomic mass is 35.5. The van der Waals surface area contributed by atoms with E-state index in [4.69, 9.17) is 21.4 Å². The average molecular weight is 299 g/mol. The molecule has 0 atom stereocenters. The molecule has 6 heteroatoms. The van der Waals surface area contributed by atoms with Gasteiger partial charge in [0, 0.05) is 11.6 Å². The lowest BCUT2D eigenvalue weighted by molar-refractivity contribution is 0.0693. The van der Waals surface area contributed by atoms with Gasteiger partial charge in [-0.25, -0.2) is 13.6 Å². The lowest BCUT2D eigenvalue weighted by atomic mass is 10.1. The van der Waals surface area contributed by atoms with Crippen molar-refractivity contribution in [2.24, 2.45) is 0 Å². The van der Waals surface area contributed by atoms with Crippen LogP contribution in [0.4, 0.5) is 8.78 Å². The van der Waals surface area contributed by atoms with Crippen molar-refractivity contribution < 1.29 is 23.4 Å². The first kappa shape index (κ1) is 14.3. The van der Waals surface area contributed by atoms with E-state index in [1.807, 2.05) is 0 Å². The molecule has 0 saturated heterocycles. The Hall–Kier alpha value is -2.14. The Morgan fingerprint density at radius 2 is 1.95 bits per heavy atom. The minimum Gasteiger partial charge on any atom is -0.489 e. The van der Waals surface area contributed by atoms with E-state index in [0.29, 0.717) is 5.56 Å². The molecule has 0 unspecified atom stereocenters. The van der Waals surface area contributed by atoms with Gasteiger partial charge >= 0.3 is 5.97 Å². The topological polar surface area (TPSA) is 46.5 Å².